The van der Waals surface area contributed by atoms with Crippen LogP contribution < -0.4 is 5.32 Å². The molecule has 0 aromatic carbocycles. The van der Waals surface area contributed by atoms with Gasteiger partial charge in [-0.2, -0.15) is 0 Å². The van der Waals surface area contributed by atoms with E-state index in [0.717, 1.165) is 17.3 Å². The molecule has 0 aliphatic heterocycles. The second-order valence-electron chi connectivity index (χ2n) is 5.55. The summed E-state index contributed by atoms with van der Waals surface area (Å²) in [5, 5.41) is 12.2. The van der Waals surface area contributed by atoms with Crippen LogP contribution in [0.1, 0.15) is 49.8 Å². The SMILES string of the molecule is CC(C)CCCC(C)NCc1ccc(CC(=O)O)s1. The Morgan fingerprint density at radius 3 is 2.58 bits per heavy atom. The first kappa shape index (κ1) is 16.2. The molecule has 108 valence electrons. The maximum Gasteiger partial charge on any atom is 0.308 e. The average Bonchev–Trinajstić information content (AvgIpc) is 2.72. The molecule has 19 heavy (non-hydrogen) atoms. The summed E-state index contributed by atoms with van der Waals surface area (Å²) in [5.41, 5.74) is 0. The Hall–Kier alpha value is -0.870. The Labute approximate surface area is 120 Å². The van der Waals surface area contributed by atoms with Crippen molar-refractivity contribution in [2.24, 2.45) is 5.92 Å². The lowest BCUT2D eigenvalue weighted by molar-refractivity contribution is -0.136. The predicted octanol–water partition coefficient (Wildman–Crippen LogP) is 3.68. The molecule has 0 saturated carbocycles. The van der Waals surface area contributed by atoms with E-state index in [4.69, 9.17) is 5.11 Å². The fourth-order valence-corrected chi connectivity index (χ4v) is 2.93. The molecular formula is C15H25NO2S. The molecule has 0 aliphatic carbocycles. The zero-order valence-electron chi connectivity index (χ0n) is 12.1. The Morgan fingerprint density at radius 2 is 1.95 bits per heavy atom. The molecular weight excluding hydrogens is 258 g/mol. The summed E-state index contributed by atoms with van der Waals surface area (Å²) in [6.07, 6.45) is 3.88. The summed E-state index contributed by atoms with van der Waals surface area (Å²) in [4.78, 5) is 12.8. The van der Waals surface area contributed by atoms with Gasteiger partial charge in [0.05, 0.1) is 6.42 Å². The van der Waals surface area contributed by atoms with Gasteiger partial charge >= 0.3 is 5.97 Å². The number of carboxylic acid groups (broad SMARTS) is 1. The van der Waals surface area contributed by atoms with Crippen molar-refractivity contribution in [1.82, 2.24) is 5.32 Å². The number of carbonyl (C=O) groups is 1. The van der Waals surface area contributed by atoms with E-state index < -0.39 is 5.97 Å². The summed E-state index contributed by atoms with van der Waals surface area (Å²) >= 11 is 1.59. The molecule has 1 rings (SSSR count). The van der Waals surface area contributed by atoms with Crippen LogP contribution in [0.4, 0.5) is 0 Å². The largest absolute Gasteiger partial charge is 0.481 e. The number of thiophene rings is 1. The van der Waals surface area contributed by atoms with E-state index in [0.29, 0.717) is 6.04 Å². The van der Waals surface area contributed by atoms with E-state index in [1.807, 2.05) is 12.1 Å². The summed E-state index contributed by atoms with van der Waals surface area (Å²) < 4.78 is 0. The summed E-state index contributed by atoms with van der Waals surface area (Å²) in [6, 6.07) is 4.46. The molecule has 2 N–H and O–H groups in total. The molecule has 1 unspecified atom stereocenters. The van der Waals surface area contributed by atoms with E-state index >= 15 is 0 Å². The maximum absolute atomic E-state index is 10.6. The lowest BCUT2D eigenvalue weighted by Crippen LogP contribution is -2.24. The number of hydrogen-bond donors (Lipinski definition) is 2. The van der Waals surface area contributed by atoms with Crippen molar-refractivity contribution in [3.8, 4) is 0 Å². The highest BCUT2D eigenvalue weighted by atomic mass is 32.1. The first-order chi connectivity index (χ1) is 8.97. The van der Waals surface area contributed by atoms with Gasteiger partial charge in [0.2, 0.25) is 0 Å². The average molecular weight is 283 g/mol. The minimum absolute atomic E-state index is 0.134. The fourth-order valence-electron chi connectivity index (χ4n) is 1.97. The maximum atomic E-state index is 10.6. The van der Waals surface area contributed by atoms with Crippen molar-refractivity contribution in [2.75, 3.05) is 0 Å². The molecule has 0 saturated heterocycles. The number of aliphatic carboxylic acids is 1. The van der Waals surface area contributed by atoms with Crippen LogP contribution in [0.2, 0.25) is 0 Å². The number of rotatable bonds is 9. The lowest BCUT2D eigenvalue weighted by Gasteiger charge is -2.13. The minimum atomic E-state index is -0.761. The smallest absolute Gasteiger partial charge is 0.308 e. The van der Waals surface area contributed by atoms with Gasteiger partial charge in [0.1, 0.15) is 0 Å². The van der Waals surface area contributed by atoms with Crippen LogP contribution in [0.15, 0.2) is 12.1 Å². The van der Waals surface area contributed by atoms with Gasteiger partial charge in [-0.25, -0.2) is 0 Å². The van der Waals surface area contributed by atoms with Gasteiger partial charge < -0.3 is 10.4 Å². The third-order valence-electron chi connectivity index (χ3n) is 3.09. The van der Waals surface area contributed by atoms with Crippen molar-refractivity contribution in [3.63, 3.8) is 0 Å². The van der Waals surface area contributed by atoms with Crippen molar-refractivity contribution in [3.05, 3.63) is 21.9 Å². The highest BCUT2D eigenvalue weighted by Gasteiger charge is 2.06. The molecule has 1 aromatic rings. The predicted molar refractivity (Wildman–Crippen MR) is 80.6 cm³/mol. The Morgan fingerprint density at radius 1 is 1.26 bits per heavy atom. The standard InChI is InChI=1S/C15H25NO2S/c1-11(2)5-4-6-12(3)16-10-14-8-7-13(19-14)9-15(17)18/h7-8,11-12,16H,4-6,9-10H2,1-3H3,(H,17,18). The van der Waals surface area contributed by atoms with Crippen molar-refractivity contribution in [1.29, 1.82) is 0 Å². The summed E-state index contributed by atoms with van der Waals surface area (Å²) in [5.74, 6) is 0.0199. The monoisotopic (exact) mass is 283 g/mol. The van der Waals surface area contributed by atoms with Crippen LogP contribution in [0.25, 0.3) is 0 Å². The quantitative estimate of drug-likeness (QED) is 0.727. The zero-order valence-corrected chi connectivity index (χ0v) is 12.9. The molecule has 1 heterocycles. The molecule has 0 bridgehead atoms. The number of carboxylic acids is 1. The molecule has 3 nitrogen and oxygen atoms in total. The third-order valence-corrected chi connectivity index (χ3v) is 4.17. The summed E-state index contributed by atoms with van der Waals surface area (Å²) in [6.45, 7) is 7.57. The minimum Gasteiger partial charge on any atom is -0.481 e. The molecule has 0 fully saturated rings. The lowest BCUT2D eigenvalue weighted by atomic mass is 10.0. The first-order valence-electron chi connectivity index (χ1n) is 7.00. The normalized spacial score (nSPS) is 12.8. The van der Waals surface area contributed by atoms with Crippen LogP contribution in [-0.4, -0.2) is 17.1 Å². The van der Waals surface area contributed by atoms with Gasteiger partial charge in [0.15, 0.2) is 0 Å². The fraction of sp³-hybridized carbons (Fsp3) is 0.667. The van der Waals surface area contributed by atoms with Gasteiger partial charge in [-0.3, -0.25) is 4.79 Å². The van der Waals surface area contributed by atoms with E-state index in [-0.39, 0.29) is 6.42 Å². The second-order valence-corrected chi connectivity index (χ2v) is 6.80. The molecule has 0 aliphatic rings. The van der Waals surface area contributed by atoms with Crippen LogP contribution in [0.5, 0.6) is 0 Å². The zero-order chi connectivity index (χ0) is 14.3. The van der Waals surface area contributed by atoms with Crippen molar-refractivity contribution in [2.45, 2.75) is 59.0 Å². The third kappa shape index (κ3) is 7.33. The second kappa shape index (κ2) is 8.33. The highest BCUT2D eigenvalue weighted by molar-refractivity contribution is 7.12. The molecule has 4 heteroatoms. The highest BCUT2D eigenvalue weighted by Crippen LogP contribution is 2.17. The molecule has 1 atom stereocenters. The van der Waals surface area contributed by atoms with Gasteiger partial charge in [0.25, 0.3) is 0 Å². The van der Waals surface area contributed by atoms with Crippen LogP contribution in [-0.2, 0) is 17.8 Å². The van der Waals surface area contributed by atoms with E-state index in [2.05, 4.69) is 26.1 Å². The van der Waals surface area contributed by atoms with Crippen LogP contribution >= 0.6 is 11.3 Å². The molecule has 0 spiro atoms. The van der Waals surface area contributed by atoms with Crippen LogP contribution in [0.3, 0.4) is 0 Å². The van der Waals surface area contributed by atoms with E-state index in [1.165, 1.54) is 24.1 Å². The van der Waals surface area contributed by atoms with Gasteiger partial charge in [-0.05, 0) is 31.4 Å². The van der Waals surface area contributed by atoms with Crippen molar-refractivity contribution < 1.29 is 9.90 Å². The molecule has 1 aromatic heterocycles. The van der Waals surface area contributed by atoms with Crippen molar-refractivity contribution >= 4 is 17.3 Å². The topological polar surface area (TPSA) is 49.3 Å². The van der Waals surface area contributed by atoms with Gasteiger partial charge in [-0.1, -0.05) is 26.7 Å². The Bertz CT molecular complexity index is 387. The summed E-state index contributed by atoms with van der Waals surface area (Å²) in [7, 11) is 0. The van der Waals surface area contributed by atoms with E-state index in [1.54, 1.807) is 11.3 Å². The van der Waals surface area contributed by atoms with E-state index in [9.17, 15) is 4.79 Å². The molecule has 0 radical (unpaired) electrons. The first-order valence-corrected chi connectivity index (χ1v) is 7.81. The Balaban J connectivity index is 2.24. The van der Waals surface area contributed by atoms with Gasteiger partial charge in [-0.15, -0.1) is 11.3 Å². The van der Waals surface area contributed by atoms with Gasteiger partial charge in [0, 0.05) is 22.3 Å². The number of nitrogens with one attached hydrogen (secondary N) is 1. The Kier molecular flexibility index (Phi) is 7.10. The van der Waals surface area contributed by atoms with Crippen LogP contribution in [0, 0.1) is 5.92 Å². The number of hydrogen-bond acceptors (Lipinski definition) is 3. The molecule has 0 amide bonds.